The monoisotopic (exact) mass is 558 g/mol. The average molecular weight is 559 g/mol. The number of carboxylic acids is 1. The number of unbranched alkanes of at least 4 members (excludes halogenated alkanes) is 1. The summed E-state index contributed by atoms with van der Waals surface area (Å²) < 4.78 is 0. The van der Waals surface area contributed by atoms with Gasteiger partial charge in [-0.25, -0.2) is 4.79 Å². The summed E-state index contributed by atoms with van der Waals surface area (Å²) in [6, 6.07) is 3.86. The van der Waals surface area contributed by atoms with E-state index in [0.717, 1.165) is 16.5 Å². The molecule has 0 bridgehead atoms. The van der Waals surface area contributed by atoms with Gasteiger partial charge in [0.15, 0.2) is 0 Å². The van der Waals surface area contributed by atoms with E-state index < -0.39 is 47.9 Å². The Hall–Kier alpha value is -3.44. The molecule has 0 aliphatic carbocycles. The SMILES string of the molecule is CCC(C)C(NC(=O)C(CC(C)C)NC(=O)C(N)Cc1c[nH]c2ccccc12)C(=O)NC(CCCCN)C(=O)O. The average Bonchev–Trinajstić information content (AvgIpc) is 3.32. The van der Waals surface area contributed by atoms with Crippen molar-refractivity contribution in [2.24, 2.45) is 23.3 Å². The van der Waals surface area contributed by atoms with Crippen molar-refractivity contribution in [3.8, 4) is 0 Å². The van der Waals surface area contributed by atoms with E-state index in [-0.39, 0.29) is 24.7 Å². The molecule has 0 saturated heterocycles. The maximum Gasteiger partial charge on any atom is 0.326 e. The topological polar surface area (TPSA) is 192 Å². The van der Waals surface area contributed by atoms with Gasteiger partial charge in [0.1, 0.15) is 18.1 Å². The quantitative estimate of drug-likeness (QED) is 0.144. The van der Waals surface area contributed by atoms with Crippen LogP contribution in [0.25, 0.3) is 10.9 Å². The minimum absolute atomic E-state index is 0.0655. The Bertz CT molecular complexity index is 1130. The van der Waals surface area contributed by atoms with Crippen molar-refractivity contribution >= 4 is 34.6 Å². The van der Waals surface area contributed by atoms with Crippen molar-refractivity contribution in [3.05, 3.63) is 36.0 Å². The number of fused-ring (bicyclic) bond motifs is 1. The van der Waals surface area contributed by atoms with Crippen LogP contribution in [0.1, 0.15) is 65.4 Å². The van der Waals surface area contributed by atoms with Gasteiger partial charge in [-0.1, -0.05) is 52.3 Å². The van der Waals surface area contributed by atoms with Gasteiger partial charge in [-0.15, -0.1) is 0 Å². The highest BCUT2D eigenvalue weighted by Crippen LogP contribution is 2.19. The Morgan fingerprint density at radius 2 is 1.62 bits per heavy atom. The first kappa shape index (κ1) is 32.8. The standard InChI is InChI=1S/C29H46N6O5/c1-5-18(4)25(28(38)33-23(29(39)40)12-8-9-13-30)35-27(37)24(14-17(2)3)34-26(36)21(31)15-19-16-32-22-11-7-6-10-20(19)22/h6-7,10-11,16-18,21,23-25,32H,5,8-9,12-15,30-31H2,1-4H3,(H,33,38)(H,34,36)(H,35,37)(H,39,40). The van der Waals surface area contributed by atoms with Crippen LogP contribution in [0.5, 0.6) is 0 Å². The van der Waals surface area contributed by atoms with Crippen LogP contribution < -0.4 is 27.4 Å². The summed E-state index contributed by atoms with van der Waals surface area (Å²) in [5.74, 6) is -2.92. The molecule has 1 aromatic carbocycles. The lowest BCUT2D eigenvalue weighted by molar-refractivity contribution is -0.143. The molecule has 0 spiro atoms. The van der Waals surface area contributed by atoms with Gasteiger partial charge in [-0.05, 0) is 62.1 Å². The summed E-state index contributed by atoms with van der Waals surface area (Å²) in [5.41, 5.74) is 13.6. The zero-order valence-corrected chi connectivity index (χ0v) is 24.0. The Morgan fingerprint density at radius 1 is 0.950 bits per heavy atom. The van der Waals surface area contributed by atoms with E-state index in [1.807, 2.05) is 58.2 Å². The van der Waals surface area contributed by atoms with Crippen LogP contribution in [0, 0.1) is 11.8 Å². The number of nitrogens with one attached hydrogen (secondary N) is 4. The van der Waals surface area contributed by atoms with Crippen LogP contribution in [0.2, 0.25) is 0 Å². The fourth-order valence-corrected chi connectivity index (χ4v) is 4.58. The lowest BCUT2D eigenvalue weighted by Crippen LogP contribution is -2.59. The van der Waals surface area contributed by atoms with Gasteiger partial charge in [-0.2, -0.15) is 0 Å². The number of rotatable bonds is 17. The highest BCUT2D eigenvalue weighted by Gasteiger charge is 2.33. The predicted octanol–water partition coefficient (Wildman–Crippen LogP) is 1.80. The molecule has 40 heavy (non-hydrogen) atoms. The number of benzene rings is 1. The highest BCUT2D eigenvalue weighted by atomic mass is 16.4. The number of aliphatic carboxylic acids is 1. The van der Waals surface area contributed by atoms with E-state index in [1.54, 1.807) is 0 Å². The van der Waals surface area contributed by atoms with Crippen molar-refractivity contribution in [2.45, 2.75) is 90.4 Å². The fraction of sp³-hybridized carbons (Fsp3) is 0.586. The molecular formula is C29H46N6O5. The molecule has 1 heterocycles. The van der Waals surface area contributed by atoms with E-state index in [2.05, 4.69) is 20.9 Å². The molecule has 0 aliphatic heterocycles. The molecule has 0 aliphatic rings. The van der Waals surface area contributed by atoms with Gasteiger partial charge in [0.25, 0.3) is 0 Å². The summed E-state index contributed by atoms with van der Waals surface area (Å²) >= 11 is 0. The molecule has 2 aromatic rings. The lowest BCUT2D eigenvalue weighted by Gasteiger charge is -2.28. The number of hydrogen-bond acceptors (Lipinski definition) is 6. The zero-order chi connectivity index (χ0) is 29.8. The number of H-pyrrole nitrogens is 1. The zero-order valence-electron chi connectivity index (χ0n) is 24.0. The molecule has 0 saturated carbocycles. The third-order valence-corrected chi connectivity index (χ3v) is 7.15. The van der Waals surface area contributed by atoms with Gasteiger partial charge in [0.05, 0.1) is 6.04 Å². The fourth-order valence-electron chi connectivity index (χ4n) is 4.58. The number of carbonyl (C=O) groups is 4. The second-order valence-corrected chi connectivity index (χ2v) is 10.9. The summed E-state index contributed by atoms with van der Waals surface area (Å²) in [6.45, 7) is 7.97. The first-order chi connectivity index (χ1) is 19.0. The molecular weight excluding hydrogens is 512 g/mol. The molecule has 5 atom stereocenters. The smallest absolute Gasteiger partial charge is 0.326 e. The van der Waals surface area contributed by atoms with Gasteiger partial charge < -0.3 is 37.5 Å². The number of nitrogens with two attached hydrogens (primary N) is 2. The number of carboxylic acid groups (broad SMARTS) is 1. The van der Waals surface area contributed by atoms with Crippen molar-refractivity contribution in [1.82, 2.24) is 20.9 Å². The first-order valence-corrected chi connectivity index (χ1v) is 14.1. The Kier molecular flexibility index (Phi) is 13.1. The predicted molar refractivity (Wildman–Crippen MR) is 155 cm³/mol. The molecule has 9 N–H and O–H groups in total. The number of hydrogen-bond donors (Lipinski definition) is 7. The second kappa shape index (κ2) is 16.0. The van der Waals surface area contributed by atoms with Gasteiger partial charge in [0.2, 0.25) is 17.7 Å². The summed E-state index contributed by atoms with van der Waals surface area (Å²) in [7, 11) is 0. The molecule has 3 amide bonds. The number of aromatic amines is 1. The summed E-state index contributed by atoms with van der Waals surface area (Å²) in [6.07, 6.45) is 4.44. The lowest BCUT2D eigenvalue weighted by atomic mass is 9.96. The molecule has 0 fully saturated rings. The normalized spacial score (nSPS) is 15.2. The van der Waals surface area contributed by atoms with Gasteiger partial charge in [0, 0.05) is 17.1 Å². The molecule has 222 valence electrons. The van der Waals surface area contributed by atoms with E-state index in [4.69, 9.17) is 11.5 Å². The second-order valence-electron chi connectivity index (χ2n) is 10.9. The first-order valence-electron chi connectivity index (χ1n) is 14.1. The van der Waals surface area contributed by atoms with Crippen molar-refractivity contribution in [3.63, 3.8) is 0 Å². The minimum Gasteiger partial charge on any atom is -0.480 e. The van der Waals surface area contributed by atoms with E-state index >= 15 is 0 Å². The van der Waals surface area contributed by atoms with Crippen LogP contribution in [0.3, 0.4) is 0 Å². The number of aromatic nitrogens is 1. The van der Waals surface area contributed by atoms with Crippen LogP contribution in [0.15, 0.2) is 30.5 Å². The van der Waals surface area contributed by atoms with Crippen molar-refractivity contribution in [2.75, 3.05) is 6.54 Å². The number of para-hydroxylation sites is 1. The number of amides is 3. The Balaban J connectivity index is 2.12. The van der Waals surface area contributed by atoms with Crippen molar-refractivity contribution in [1.29, 1.82) is 0 Å². The number of carbonyl (C=O) groups excluding carboxylic acids is 3. The highest BCUT2D eigenvalue weighted by molar-refractivity contribution is 5.94. The molecule has 2 rings (SSSR count). The van der Waals surface area contributed by atoms with Crippen LogP contribution >= 0.6 is 0 Å². The van der Waals surface area contributed by atoms with Crippen LogP contribution in [-0.4, -0.2) is 64.5 Å². The van der Waals surface area contributed by atoms with Crippen LogP contribution in [-0.2, 0) is 25.6 Å². The Labute approximate surface area is 236 Å². The third-order valence-electron chi connectivity index (χ3n) is 7.15. The summed E-state index contributed by atoms with van der Waals surface area (Å²) in [5, 5.41) is 18.7. The molecule has 1 aromatic heterocycles. The van der Waals surface area contributed by atoms with Gasteiger partial charge >= 0.3 is 5.97 Å². The minimum atomic E-state index is -1.14. The maximum atomic E-state index is 13.4. The van der Waals surface area contributed by atoms with E-state index in [0.29, 0.717) is 32.2 Å². The van der Waals surface area contributed by atoms with Gasteiger partial charge in [-0.3, -0.25) is 14.4 Å². The van der Waals surface area contributed by atoms with E-state index in [1.165, 1.54) is 0 Å². The Morgan fingerprint density at radius 3 is 2.25 bits per heavy atom. The molecule has 11 heteroatoms. The molecule has 5 unspecified atom stereocenters. The molecule has 0 radical (unpaired) electrons. The van der Waals surface area contributed by atoms with Crippen molar-refractivity contribution < 1.29 is 24.3 Å². The third kappa shape index (κ3) is 9.63. The van der Waals surface area contributed by atoms with E-state index in [9.17, 15) is 24.3 Å². The molecule has 11 nitrogen and oxygen atoms in total. The van der Waals surface area contributed by atoms with Crippen LogP contribution in [0.4, 0.5) is 0 Å². The maximum absolute atomic E-state index is 13.4. The summed E-state index contributed by atoms with van der Waals surface area (Å²) in [4.78, 5) is 54.5. The largest absolute Gasteiger partial charge is 0.480 e.